The number of carbonyl (C=O) groups excluding carboxylic acids is 1. The van der Waals surface area contributed by atoms with E-state index >= 15 is 0 Å². The minimum absolute atomic E-state index is 0.131. The minimum atomic E-state index is -1.16. The first-order valence-corrected chi connectivity index (χ1v) is 7.43. The van der Waals surface area contributed by atoms with Crippen LogP contribution in [-0.2, 0) is 14.3 Å². The van der Waals surface area contributed by atoms with Gasteiger partial charge in [-0.15, -0.1) is 6.58 Å². The molecule has 126 valence electrons. The normalized spacial score (nSPS) is 13.0. The smallest absolute Gasteiger partial charge is 0.328 e. The molecule has 0 bridgehead atoms. The summed E-state index contributed by atoms with van der Waals surface area (Å²) in [5.41, 5.74) is 1.01. The monoisotopic (exact) mass is 321 g/mol. The van der Waals surface area contributed by atoms with Gasteiger partial charge in [-0.1, -0.05) is 25.1 Å². The number of carboxylic acid groups (broad SMARTS) is 1. The second-order valence-corrected chi connectivity index (χ2v) is 5.06. The highest BCUT2D eigenvalue weighted by Crippen LogP contribution is 2.15. The van der Waals surface area contributed by atoms with Gasteiger partial charge in [-0.05, 0) is 31.0 Å². The van der Waals surface area contributed by atoms with Gasteiger partial charge in [0.25, 0.3) is 5.91 Å². The first kappa shape index (κ1) is 18.7. The Bertz CT molecular complexity index is 544. The van der Waals surface area contributed by atoms with Crippen molar-refractivity contribution in [2.24, 2.45) is 0 Å². The van der Waals surface area contributed by atoms with Crippen LogP contribution in [0.25, 0.3) is 0 Å². The molecule has 0 saturated heterocycles. The molecule has 2 N–H and O–H groups in total. The molecule has 0 aromatic heterocycles. The van der Waals surface area contributed by atoms with Crippen molar-refractivity contribution in [3.05, 3.63) is 42.5 Å². The van der Waals surface area contributed by atoms with Crippen LogP contribution in [0.1, 0.15) is 18.9 Å². The summed E-state index contributed by atoms with van der Waals surface area (Å²) in [6.07, 6.45) is 1.16. The Morgan fingerprint density at radius 2 is 2.17 bits per heavy atom. The highest BCUT2D eigenvalue weighted by molar-refractivity contribution is 5.86. The molecule has 2 unspecified atom stereocenters. The average molecular weight is 321 g/mol. The van der Waals surface area contributed by atoms with Crippen LogP contribution in [-0.4, -0.2) is 42.3 Å². The summed E-state index contributed by atoms with van der Waals surface area (Å²) in [6, 6.07) is 6.20. The van der Waals surface area contributed by atoms with Crippen molar-refractivity contribution < 1.29 is 24.2 Å². The molecule has 0 aliphatic rings. The fourth-order valence-corrected chi connectivity index (χ4v) is 1.88. The van der Waals surface area contributed by atoms with Crippen LogP contribution in [0.3, 0.4) is 0 Å². The molecule has 1 rings (SSSR count). The van der Waals surface area contributed by atoms with E-state index in [1.807, 2.05) is 25.1 Å². The Labute approximate surface area is 136 Å². The van der Waals surface area contributed by atoms with E-state index in [4.69, 9.17) is 14.6 Å². The molecule has 0 fully saturated rings. The summed E-state index contributed by atoms with van der Waals surface area (Å²) in [7, 11) is 0. The van der Waals surface area contributed by atoms with E-state index in [2.05, 4.69) is 11.9 Å². The van der Waals surface area contributed by atoms with E-state index in [0.29, 0.717) is 12.2 Å². The van der Waals surface area contributed by atoms with E-state index in [1.54, 1.807) is 13.0 Å². The fraction of sp³-hybridized carbons (Fsp3) is 0.412. The Kier molecular flexibility index (Phi) is 7.83. The molecule has 1 aromatic rings. The number of carbonyl (C=O) groups is 2. The number of carboxylic acids is 1. The Hall–Kier alpha value is -2.34. The Morgan fingerprint density at radius 3 is 2.74 bits per heavy atom. The lowest BCUT2D eigenvalue weighted by Gasteiger charge is -2.20. The zero-order chi connectivity index (χ0) is 17.2. The summed E-state index contributed by atoms with van der Waals surface area (Å²) >= 11 is 0. The van der Waals surface area contributed by atoms with E-state index < -0.39 is 24.0 Å². The van der Waals surface area contributed by atoms with Crippen molar-refractivity contribution in [3.63, 3.8) is 0 Å². The summed E-state index contributed by atoms with van der Waals surface area (Å²) in [4.78, 5) is 23.4. The molecule has 1 amide bonds. The summed E-state index contributed by atoms with van der Waals surface area (Å²) in [5.74, 6) is -1.07. The second kappa shape index (κ2) is 9.63. The molecule has 23 heavy (non-hydrogen) atoms. The third kappa shape index (κ3) is 6.52. The van der Waals surface area contributed by atoms with Crippen molar-refractivity contribution in [1.82, 2.24) is 5.32 Å². The highest BCUT2D eigenvalue weighted by Gasteiger charge is 2.25. The number of aryl methyl sites for hydroxylation is 1. The topological polar surface area (TPSA) is 84.9 Å². The molecule has 0 heterocycles. The first-order chi connectivity index (χ1) is 11.0. The van der Waals surface area contributed by atoms with Gasteiger partial charge in [0.05, 0.1) is 13.2 Å². The van der Waals surface area contributed by atoms with Gasteiger partial charge in [0, 0.05) is 0 Å². The summed E-state index contributed by atoms with van der Waals surface area (Å²) in [6.45, 7) is 7.28. The summed E-state index contributed by atoms with van der Waals surface area (Å²) in [5, 5.41) is 11.6. The number of aliphatic carboxylic acids is 1. The third-order valence-corrected chi connectivity index (χ3v) is 3.07. The minimum Gasteiger partial charge on any atom is -0.481 e. The number of hydrogen-bond donors (Lipinski definition) is 2. The van der Waals surface area contributed by atoms with Crippen molar-refractivity contribution in [1.29, 1.82) is 0 Å². The molecule has 6 nitrogen and oxygen atoms in total. The largest absolute Gasteiger partial charge is 0.481 e. The maximum absolute atomic E-state index is 12.2. The number of amides is 1. The lowest BCUT2D eigenvalue weighted by Crippen LogP contribution is -2.49. The molecular formula is C17H23NO5. The molecule has 2 atom stereocenters. The van der Waals surface area contributed by atoms with Gasteiger partial charge in [-0.2, -0.15) is 0 Å². The predicted molar refractivity (Wildman–Crippen MR) is 86.5 cm³/mol. The lowest BCUT2D eigenvalue weighted by atomic mass is 10.2. The summed E-state index contributed by atoms with van der Waals surface area (Å²) < 4.78 is 10.8. The van der Waals surface area contributed by atoms with Crippen LogP contribution in [0.15, 0.2) is 36.9 Å². The molecular weight excluding hydrogens is 298 g/mol. The fourth-order valence-electron chi connectivity index (χ4n) is 1.88. The predicted octanol–water partition coefficient (Wildman–Crippen LogP) is 1.92. The maximum atomic E-state index is 12.2. The molecule has 0 spiro atoms. The van der Waals surface area contributed by atoms with Crippen LogP contribution in [0.2, 0.25) is 0 Å². The average Bonchev–Trinajstić information content (AvgIpc) is 2.51. The van der Waals surface area contributed by atoms with Gasteiger partial charge in [0.2, 0.25) is 0 Å². The van der Waals surface area contributed by atoms with Crippen molar-refractivity contribution in [3.8, 4) is 5.75 Å². The first-order valence-electron chi connectivity index (χ1n) is 7.43. The number of nitrogens with one attached hydrogen (secondary N) is 1. The zero-order valence-electron chi connectivity index (χ0n) is 13.5. The van der Waals surface area contributed by atoms with Gasteiger partial charge in [0.1, 0.15) is 5.75 Å². The van der Waals surface area contributed by atoms with Crippen LogP contribution < -0.4 is 10.1 Å². The Morgan fingerprint density at radius 1 is 1.43 bits per heavy atom. The van der Waals surface area contributed by atoms with Crippen LogP contribution in [0.5, 0.6) is 5.75 Å². The van der Waals surface area contributed by atoms with Crippen LogP contribution >= 0.6 is 0 Å². The van der Waals surface area contributed by atoms with Gasteiger partial charge >= 0.3 is 5.97 Å². The van der Waals surface area contributed by atoms with E-state index in [0.717, 1.165) is 5.56 Å². The van der Waals surface area contributed by atoms with E-state index in [9.17, 15) is 9.59 Å². The van der Waals surface area contributed by atoms with Gasteiger partial charge in [-0.25, -0.2) is 4.79 Å². The van der Waals surface area contributed by atoms with Gasteiger partial charge in [-0.3, -0.25) is 4.79 Å². The maximum Gasteiger partial charge on any atom is 0.328 e. The highest BCUT2D eigenvalue weighted by atomic mass is 16.5. The van der Waals surface area contributed by atoms with Crippen molar-refractivity contribution in [2.75, 3.05) is 13.2 Å². The molecule has 0 radical (unpaired) electrons. The molecule has 0 aliphatic heterocycles. The number of rotatable bonds is 10. The molecule has 6 heteroatoms. The molecule has 1 aromatic carbocycles. The zero-order valence-corrected chi connectivity index (χ0v) is 13.5. The van der Waals surface area contributed by atoms with E-state index in [1.165, 1.54) is 6.08 Å². The van der Waals surface area contributed by atoms with Crippen molar-refractivity contribution >= 4 is 11.9 Å². The lowest BCUT2D eigenvalue weighted by molar-refractivity contribution is -0.144. The number of benzene rings is 1. The standard InChI is InChI=1S/C17H23NO5/c1-4-9-22-11-14(17(20)21)18-16(19)15(5-2)23-13-8-6-7-12(3)10-13/h4,6-8,10,14-15H,1,5,9,11H2,2-3H3,(H,18,19)(H,20,21). The molecule has 0 saturated carbocycles. The van der Waals surface area contributed by atoms with Gasteiger partial charge < -0.3 is 19.9 Å². The van der Waals surface area contributed by atoms with Crippen LogP contribution in [0, 0.1) is 6.92 Å². The molecule has 0 aliphatic carbocycles. The Balaban J connectivity index is 2.66. The number of hydrogen-bond acceptors (Lipinski definition) is 4. The van der Waals surface area contributed by atoms with Gasteiger partial charge in [0.15, 0.2) is 12.1 Å². The van der Waals surface area contributed by atoms with Crippen molar-refractivity contribution in [2.45, 2.75) is 32.4 Å². The quantitative estimate of drug-likeness (QED) is 0.508. The second-order valence-electron chi connectivity index (χ2n) is 5.06. The van der Waals surface area contributed by atoms with E-state index in [-0.39, 0.29) is 13.2 Å². The number of ether oxygens (including phenoxy) is 2. The van der Waals surface area contributed by atoms with Crippen LogP contribution in [0.4, 0.5) is 0 Å². The third-order valence-electron chi connectivity index (χ3n) is 3.07. The SMILES string of the molecule is C=CCOCC(NC(=O)C(CC)Oc1cccc(C)c1)C(=O)O.